The Morgan fingerprint density at radius 2 is 1.93 bits per heavy atom. The molecule has 2 aromatic carbocycles. The van der Waals surface area contributed by atoms with Gasteiger partial charge in [-0.3, -0.25) is 0 Å². The molecule has 0 spiro atoms. The van der Waals surface area contributed by atoms with Crippen molar-refractivity contribution < 1.29 is 4.74 Å². The number of hydrogen-bond donors (Lipinski definition) is 2. The Kier molecular flexibility index (Phi) is 4.71. The van der Waals surface area contributed by atoms with Gasteiger partial charge < -0.3 is 19.6 Å². The summed E-state index contributed by atoms with van der Waals surface area (Å²) in [6, 6.07) is 12.1. The summed E-state index contributed by atoms with van der Waals surface area (Å²) < 4.78 is 8.52. The molecule has 0 atom stereocenters. The number of rotatable bonds is 4. The van der Waals surface area contributed by atoms with E-state index >= 15 is 0 Å². The van der Waals surface area contributed by atoms with Crippen molar-refractivity contribution in [1.82, 2.24) is 14.9 Å². The average Bonchev–Trinajstić information content (AvgIpc) is 3.21. The van der Waals surface area contributed by atoms with Crippen LogP contribution in [0.2, 0.25) is 10.0 Å². The Morgan fingerprint density at radius 1 is 1.04 bits per heavy atom. The van der Waals surface area contributed by atoms with E-state index in [-0.39, 0.29) is 0 Å². The SMILES string of the molecule is Clc1ccc2c(c1Cl)c1c(n2CCOc2cccc3[nH]ccc23)CCNCC1. The van der Waals surface area contributed by atoms with E-state index in [1.165, 1.54) is 11.3 Å². The van der Waals surface area contributed by atoms with Gasteiger partial charge in [0.15, 0.2) is 0 Å². The van der Waals surface area contributed by atoms with Crippen molar-refractivity contribution in [2.24, 2.45) is 0 Å². The van der Waals surface area contributed by atoms with E-state index < -0.39 is 0 Å². The van der Waals surface area contributed by atoms with E-state index in [1.807, 2.05) is 24.4 Å². The molecule has 28 heavy (non-hydrogen) atoms. The van der Waals surface area contributed by atoms with Crippen LogP contribution in [0.3, 0.4) is 0 Å². The topological polar surface area (TPSA) is 42.0 Å². The van der Waals surface area contributed by atoms with Gasteiger partial charge in [0.1, 0.15) is 12.4 Å². The maximum absolute atomic E-state index is 6.61. The number of benzene rings is 2. The van der Waals surface area contributed by atoms with Gasteiger partial charge in [-0.1, -0.05) is 29.3 Å². The lowest BCUT2D eigenvalue weighted by atomic mass is 10.1. The largest absolute Gasteiger partial charge is 0.491 e. The fourth-order valence-electron chi connectivity index (χ4n) is 4.29. The minimum Gasteiger partial charge on any atom is -0.491 e. The second-order valence-corrected chi connectivity index (χ2v) is 7.91. The third-order valence-electron chi connectivity index (χ3n) is 5.56. The molecule has 0 unspecified atom stereocenters. The van der Waals surface area contributed by atoms with Gasteiger partial charge >= 0.3 is 0 Å². The van der Waals surface area contributed by atoms with Crippen LogP contribution in [0.25, 0.3) is 21.8 Å². The first-order chi connectivity index (χ1) is 13.7. The van der Waals surface area contributed by atoms with Crippen LogP contribution in [-0.2, 0) is 19.4 Å². The number of nitrogens with zero attached hydrogens (tertiary/aromatic N) is 1. The molecule has 5 rings (SSSR count). The molecule has 0 amide bonds. The van der Waals surface area contributed by atoms with E-state index in [9.17, 15) is 0 Å². The lowest BCUT2D eigenvalue weighted by Crippen LogP contribution is -2.18. The number of ether oxygens (including phenoxy) is 1. The molecule has 1 aliphatic rings. The van der Waals surface area contributed by atoms with Gasteiger partial charge in [0.2, 0.25) is 0 Å². The number of H-pyrrole nitrogens is 1. The fourth-order valence-corrected chi connectivity index (χ4v) is 4.72. The van der Waals surface area contributed by atoms with Crippen LogP contribution in [0.15, 0.2) is 42.6 Å². The Labute approximate surface area is 173 Å². The number of hydrogen-bond acceptors (Lipinski definition) is 2. The van der Waals surface area contributed by atoms with Crippen molar-refractivity contribution in [2.75, 3.05) is 19.7 Å². The van der Waals surface area contributed by atoms with E-state index in [0.29, 0.717) is 16.7 Å². The number of halogens is 2. The molecule has 144 valence electrons. The van der Waals surface area contributed by atoms with Crippen molar-refractivity contribution in [3.05, 3.63) is 63.9 Å². The molecule has 0 fully saturated rings. The minimum absolute atomic E-state index is 0.591. The highest BCUT2D eigenvalue weighted by molar-refractivity contribution is 6.45. The van der Waals surface area contributed by atoms with Crippen LogP contribution in [0, 0.1) is 0 Å². The monoisotopic (exact) mass is 413 g/mol. The summed E-state index contributed by atoms with van der Waals surface area (Å²) in [4.78, 5) is 3.23. The molecule has 6 heteroatoms. The predicted octanol–water partition coefficient (Wildman–Crippen LogP) is 5.20. The van der Waals surface area contributed by atoms with Crippen molar-refractivity contribution in [3.8, 4) is 5.75 Å². The lowest BCUT2D eigenvalue weighted by Gasteiger charge is -2.13. The Hall–Kier alpha value is -2.14. The zero-order valence-electron chi connectivity index (χ0n) is 15.4. The average molecular weight is 414 g/mol. The van der Waals surface area contributed by atoms with Crippen LogP contribution >= 0.6 is 23.2 Å². The molecular weight excluding hydrogens is 393 g/mol. The molecule has 0 radical (unpaired) electrons. The lowest BCUT2D eigenvalue weighted by molar-refractivity contribution is 0.302. The number of aromatic amines is 1. The van der Waals surface area contributed by atoms with Gasteiger partial charge in [0, 0.05) is 41.1 Å². The van der Waals surface area contributed by atoms with E-state index in [1.54, 1.807) is 0 Å². The number of aromatic nitrogens is 2. The molecule has 0 saturated heterocycles. The van der Waals surface area contributed by atoms with Gasteiger partial charge in [0.25, 0.3) is 0 Å². The van der Waals surface area contributed by atoms with Gasteiger partial charge in [0.05, 0.1) is 22.1 Å². The summed E-state index contributed by atoms with van der Waals surface area (Å²) in [5.41, 5.74) is 4.89. The van der Waals surface area contributed by atoms with Gasteiger partial charge in [-0.25, -0.2) is 0 Å². The molecule has 0 saturated carbocycles. The molecule has 3 heterocycles. The Bertz CT molecular complexity index is 1160. The third-order valence-corrected chi connectivity index (χ3v) is 6.36. The van der Waals surface area contributed by atoms with E-state index in [2.05, 4.69) is 33.1 Å². The first-order valence-electron chi connectivity index (χ1n) is 9.61. The Morgan fingerprint density at radius 3 is 2.86 bits per heavy atom. The fraction of sp³-hybridized carbons (Fsp3) is 0.273. The van der Waals surface area contributed by atoms with Crippen molar-refractivity contribution >= 4 is 45.0 Å². The number of fused-ring (bicyclic) bond motifs is 4. The highest BCUT2D eigenvalue weighted by Gasteiger charge is 2.21. The maximum atomic E-state index is 6.61. The van der Waals surface area contributed by atoms with Gasteiger partial charge in [-0.15, -0.1) is 0 Å². The highest BCUT2D eigenvalue weighted by atomic mass is 35.5. The zero-order chi connectivity index (χ0) is 19.1. The van der Waals surface area contributed by atoms with Gasteiger partial charge in [-0.2, -0.15) is 0 Å². The number of nitrogens with one attached hydrogen (secondary N) is 2. The zero-order valence-corrected chi connectivity index (χ0v) is 16.9. The molecule has 1 aliphatic heterocycles. The van der Waals surface area contributed by atoms with Gasteiger partial charge in [-0.05, 0) is 48.9 Å². The quantitative estimate of drug-likeness (QED) is 0.482. The summed E-state index contributed by atoms with van der Waals surface area (Å²) in [5, 5.41) is 6.96. The van der Waals surface area contributed by atoms with Crippen molar-refractivity contribution in [2.45, 2.75) is 19.4 Å². The standard InChI is InChI=1S/C22H21Cl2N3O/c23-16-4-5-19-21(22(16)24)15-6-9-25-10-8-18(15)27(19)12-13-28-20-3-1-2-17-14(20)7-11-26-17/h1-5,7,11,25-26H,6,8-10,12-13H2. The summed E-state index contributed by atoms with van der Waals surface area (Å²) in [6.45, 7) is 3.29. The summed E-state index contributed by atoms with van der Waals surface area (Å²) in [6.07, 6.45) is 3.88. The molecule has 4 aromatic rings. The van der Waals surface area contributed by atoms with Crippen LogP contribution in [-0.4, -0.2) is 29.2 Å². The second-order valence-electron chi connectivity index (χ2n) is 7.13. The summed E-state index contributed by atoms with van der Waals surface area (Å²) in [5.74, 6) is 0.907. The maximum Gasteiger partial charge on any atom is 0.128 e. The second kappa shape index (κ2) is 7.36. The van der Waals surface area contributed by atoms with Crippen LogP contribution in [0.4, 0.5) is 0 Å². The first-order valence-corrected chi connectivity index (χ1v) is 10.4. The molecule has 2 N–H and O–H groups in total. The van der Waals surface area contributed by atoms with Crippen LogP contribution in [0.1, 0.15) is 11.3 Å². The smallest absolute Gasteiger partial charge is 0.128 e. The van der Waals surface area contributed by atoms with E-state index in [4.69, 9.17) is 27.9 Å². The molecular formula is C22H21Cl2N3O. The molecule has 4 nitrogen and oxygen atoms in total. The summed E-state index contributed by atoms with van der Waals surface area (Å²) in [7, 11) is 0. The molecule has 0 bridgehead atoms. The highest BCUT2D eigenvalue weighted by Crippen LogP contribution is 2.37. The van der Waals surface area contributed by atoms with Crippen molar-refractivity contribution in [1.29, 1.82) is 0 Å². The van der Waals surface area contributed by atoms with E-state index in [0.717, 1.165) is 60.0 Å². The normalized spacial score (nSPS) is 14.4. The predicted molar refractivity (Wildman–Crippen MR) is 116 cm³/mol. The van der Waals surface area contributed by atoms with Crippen molar-refractivity contribution in [3.63, 3.8) is 0 Å². The first kappa shape index (κ1) is 17.9. The van der Waals surface area contributed by atoms with Crippen LogP contribution in [0.5, 0.6) is 5.75 Å². The Balaban J connectivity index is 1.49. The molecule has 0 aliphatic carbocycles. The summed E-state index contributed by atoms with van der Waals surface area (Å²) >= 11 is 12.9. The van der Waals surface area contributed by atoms with Crippen LogP contribution < -0.4 is 10.1 Å². The minimum atomic E-state index is 0.591. The molecule has 2 aromatic heterocycles. The third kappa shape index (κ3) is 2.96.